The molecule has 0 saturated carbocycles. The molecule has 2 fully saturated rings. The first kappa shape index (κ1) is 12.9. The van der Waals surface area contributed by atoms with Crippen LogP contribution in [0, 0.1) is 0 Å². The number of hydrogen-bond donors (Lipinski definition) is 1. The van der Waals surface area contributed by atoms with Crippen molar-refractivity contribution >= 4 is 0 Å². The average Bonchev–Trinajstić information content (AvgIpc) is 2.33. The van der Waals surface area contributed by atoms with E-state index in [0.717, 1.165) is 25.8 Å². The third-order valence-electron chi connectivity index (χ3n) is 3.11. The van der Waals surface area contributed by atoms with Gasteiger partial charge in [0.15, 0.2) is 0 Å². The largest absolute Gasteiger partial charge is 0.381 e. The summed E-state index contributed by atoms with van der Waals surface area (Å²) in [7, 11) is 0. The zero-order valence-corrected chi connectivity index (χ0v) is 10.5. The molecule has 2 aliphatic rings. The summed E-state index contributed by atoms with van der Waals surface area (Å²) in [6.07, 6.45) is 2.46. The number of hydrogen-bond acceptors (Lipinski definition) is 3. The van der Waals surface area contributed by atoms with Crippen LogP contribution in [0.3, 0.4) is 0 Å². The van der Waals surface area contributed by atoms with Gasteiger partial charge in [0.1, 0.15) is 0 Å². The Balaban J connectivity index is 0.000000531. The van der Waals surface area contributed by atoms with Gasteiger partial charge in [-0.1, -0.05) is 13.8 Å². The number of rotatable bonds is 1. The Labute approximate surface area is 94.2 Å². The van der Waals surface area contributed by atoms with Gasteiger partial charge < -0.3 is 10.1 Å². The fraction of sp³-hybridized carbons (Fsp3) is 1.00. The maximum atomic E-state index is 5.38. The van der Waals surface area contributed by atoms with E-state index < -0.39 is 0 Å². The van der Waals surface area contributed by atoms with Crippen molar-refractivity contribution in [1.82, 2.24) is 10.2 Å². The number of piperazine rings is 1. The second kappa shape index (κ2) is 7.20. The Bertz CT molecular complexity index is 158. The molecule has 2 aliphatic heterocycles. The molecule has 2 heterocycles. The molecule has 0 aromatic heterocycles. The molecule has 0 aliphatic carbocycles. The lowest BCUT2D eigenvalue weighted by Gasteiger charge is -2.39. The molecule has 0 radical (unpaired) electrons. The highest BCUT2D eigenvalue weighted by atomic mass is 16.5. The smallest absolute Gasteiger partial charge is 0.0480 e. The molecule has 2 saturated heterocycles. The van der Waals surface area contributed by atoms with E-state index in [1.54, 1.807) is 0 Å². The average molecular weight is 214 g/mol. The Morgan fingerprint density at radius 3 is 2.47 bits per heavy atom. The second-order valence-corrected chi connectivity index (χ2v) is 4.19. The van der Waals surface area contributed by atoms with Gasteiger partial charge in [0, 0.05) is 44.9 Å². The molecular formula is C12H26N2O. The van der Waals surface area contributed by atoms with E-state index in [-0.39, 0.29) is 0 Å². The molecule has 0 aromatic rings. The Morgan fingerprint density at radius 2 is 1.87 bits per heavy atom. The molecular weight excluding hydrogens is 188 g/mol. The van der Waals surface area contributed by atoms with E-state index in [1.165, 1.54) is 25.9 Å². The third-order valence-corrected chi connectivity index (χ3v) is 3.11. The van der Waals surface area contributed by atoms with E-state index in [2.05, 4.69) is 17.1 Å². The summed E-state index contributed by atoms with van der Waals surface area (Å²) in [5.74, 6) is 0. The summed E-state index contributed by atoms with van der Waals surface area (Å²) in [6.45, 7) is 11.8. The third kappa shape index (κ3) is 4.09. The summed E-state index contributed by atoms with van der Waals surface area (Å²) >= 11 is 0. The number of nitrogens with zero attached hydrogens (tertiary/aromatic N) is 1. The summed E-state index contributed by atoms with van der Waals surface area (Å²) < 4.78 is 5.38. The minimum atomic E-state index is 0.664. The van der Waals surface area contributed by atoms with Crippen molar-refractivity contribution in [1.29, 1.82) is 0 Å². The van der Waals surface area contributed by atoms with Crippen molar-refractivity contribution in [2.45, 2.75) is 45.7 Å². The van der Waals surface area contributed by atoms with Gasteiger partial charge in [-0.15, -0.1) is 0 Å². The summed E-state index contributed by atoms with van der Waals surface area (Å²) in [4.78, 5) is 2.63. The molecule has 3 nitrogen and oxygen atoms in total. The van der Waals surface area contributed by atoms with Crippen LogP contribution in [-0.4, -0.2) is 49.8 Å². The quantitative estimate of drug-likeness (QED) is 0.715. The van der Waals surface area contributed by atoms with Crippen LogP contribution in [-0.2, 0) is 4.74 Å². The fourth-order valence-electron chi connectivity index (χ4n) is 2.34. The number of nitrogens with one attached hydrogen (secondary N) is 1. The Morgan fingerprint density at radius 1 is 1.20 bits per heavy atom. The van der Waals surface area contributed by atoms with Crippen LogP contribution in [0.5, 0.6) is 0 Å². The van der Waals surface area contributed by atoms with Crippen LogP contribution < -0.4 is 5.32 Å². The lowest BCUT2D eigenvalue weighted by atomic mass is 10.1. The van der Waals surface area contributed by atoms with Crippen molar-refractivity contribution in [3.63, 3.8) is 0 Å². The lowest BCUT2D eigenvalue weighted by molar-refractivity contribution is 0.0246. The second-order valence-electron chi connectivity index (χ2n) is 4.19. The highest BCUT2D eigenvalue weighted by Gasteiger charge is 2.24. The van der Waals surface area contributed by atoms with Crippen molar-refractivity contribution in [3.05, 3.63) is 0 Å². The van der Waals surface area contributed by atoms with Gasteiger partial charge in [-0.05, 0) is 19.8 Å². The van der Waals surface area contributed by atoms with Crippen LogP contribution >= 0.6 is 0 Å². The van der Waals surface area contributed by atoms with Crippen molar-refractivity contribution in [2.75, 3.05) is 32.8 Å². The molecule has 0 aromatic carbocycles. The molecule has 15 heavy (non-hydrogen) atoms. The molecule has 90 valence electrons. The molecule has 0 amide bonds. The highest BCUT2D eigenvalue weighted by molar-refractivity contribution is 4.82. The van der Waals surface area contributed by atoms with E-state index in [4.69, 9.17) is 4.74 Å². The fourth-order valence-corrected chi connectivity index (χ4v) is 2.34. The zero-order chi connectivity index (χ0) is 11.1. The van der Waals surface area contributed by atoms with Crippen molar-refractivity contribution < 1.29 is 4.74 Å². The van der Waals surface area contributed by atoms with Gasteiger partial charge in [0.25, 0.3) is 0 Å². The van der Waals surface area contributed by atoms with Gasteiger partial charge in [0.05, 0.1) is 0 Å². The first-order valence-electron chi connectivity index (χ1n) is 6.41. The van der Waals surface area contributed by atoms with E-state index in [1.807, 2.05) is 13.8 Å². The van der Waals surface area contributed by atoms with Crippen LogP contribution in [0.4, 0.5) is 0 Å². The first-order valence-corrected chi connectivity index (χ1v) is 6.41. The summed E-state index contributed by atoms with van der Waals surface area (Å²) in [5, 5.41) is 3.48. The Hall–Kier alpha value is -0.120. The van der Waals surface area contributed by atoms with Crippen LogP contribution in [0.25, 0.3) is 0 Å². The topological polar surface area (TPSA) is 24.5 Å². The molecule has 1 N–H and O–H groups in total. The SMILES string of the molecule is CC.CC1CN(C2CCOCC2)CCN1. The van der Waals surface area contributed by atoms with Crippen molar-refractivity contribution in [2.24, 2.45) is 0 Å². The maximum absolute atomic E-state index is 5.38. The summed E-state index contributed by atoms with van der Waals surface area (Å²) in [6, 6.07) is 1.45. The van der Waals surface area contributed by atoms with E-state index in [9.17, 15) is 0 Å². The molecule has 0 bridgehead atoms. The van der Waals surface area contributed by atoms with E-state index >= 15 is 0 Å². The lowest BCUT2D eigenvalue weighted by Crippen LogP contribution is -2.53. The minimum absolute atomic E-state index is 0.664. The minimum Gasteiger partial charge on any atom is -0.381 e. The molecule has 1 atom stereocenters. The molecule has 0 spiro atoms. The normalized spacial score (nSPS) is 29.4. The van der Waals surface area contributed by atoms with Crippen LogP contribution in [0.1, 0.15) is 33.6 Å². The standard InChI is InChI=1S/C10H20N2O.C2H6/c1-9-8-12(5-4-11-9)10-2-6-13-7-3-10;1-2/h9-11H,2-8H2,1H3;1-2H3. The van der Waals surface area contributed by atoms with Crippen LogP contribution in [0.15, 0.2) is 0 Å². The summed E-state index contributed by atoms with van der Waals surface area (Å²) in [5.41, 5.74) is 0. The first-order chi connectivity index (χ1) is 7.36. The van der Waals surface area contributed by atoms with Gasteiger partial charge >= 0.3 is 0 Å². The van der Waals surface area contributed by atoms with Gasteiger partial charge in [-0.2, -0.15) is 0 Å². The van der Waals surface area contributed by atoms with Crippen LogP contribution in [0.2, 0.25) is 0 Å². The maximum Gasteiger partial charge on any atom is 0.0480 e. The van der Waals surface area contributed by atoms with Gasteiger partial charge in [-0.25, -0.2) is 0 Å². The molecule has 1 unspecified atom stereocenters. The molecule has 2 rings (SSSR count). The predicted molar refractivity (Wildman–Crippen MR) is 64.2 cm³/mol. The highest BCUT2D eigenvalue weighted by Crippen LogP contribution is 2.15. The van der Waals surface area contributed by atoms with E-state index in [0.29, 0.717) is 6.04 Å². The molecule has 3 heteroatoms. The van der Waals surface area contributed by atoms with Gasteiger partial charge in [0.2, 0.25) is 0 Å². The van der Waals surface area contributed by atoms with Crippen molar-refractivity contribution in [3.8, 4) is 0 Å². The zero-order valence-electron chi connectivity index (χ0n) is 10.5. The monoisotopic (exact) mass is 214 g/mol. The number of ether oxygens (including phenoxy) is 1. The van der Waals surface area contributed by atoms with Gasteiger partial charge in [-0.3, -0.25) is 4.90 Å². The Kier molecular flexibility index (Phi) is 6.22. The predicted octanol–water partition coefficient (Wildman–Crippen LogP) is 1.49.